The second-order valence-electron chi connectivity index (χ2n) is 12.9. The third-order valence-corrected chi connectivity index (χ3v) is 9.33. The zero-order chi connectivity index (χ0) is 37.8. The number of anilines is 4. The molecule has 15 nitrogen and oxygen atoms in total. The van der Waals surface area contributed by atoms with E-state index in [2.05, 4.69) is 31.2 Å². The monoisotopic (exact) mass is 723 g/mol. The van der Waals surface area contributed by atoms with E-state index in [1.54, 1.807) is 31.2 Å². The van der Waals surface area contributed by atoms with Gasteiger partial charge in [-0.2, -0.15) is 0 Å². The van der Waals surface area contributed by atoms with Gasteiger partial charge in [-0.1, -0.05) is 6.07 Å². The fraction of sp³-hybridized carbons (Fsp3) is 0.297. The molecular formula is C37H38FN9O6. The van der Waals surface area contributed by atoms with E-state index in [1.165, 1.54) is 24.7 Å². The van der Waals surface area contributed by atoms with Crippen LogP contribution in [0.2, 0.25) is 0 Å². The number of nitrogen functional groups attached to an aromatic ring is 2. The summed E-state index contributed by atoms with van der Waals surface area (Å²) < 4.78 is 15.2. The number of benzene rings is 2. The Labute approximate surface area is 303 Å². The molecule has 6 amide bonds. The molecule has 274 valence electrons. The van der Waals surface area contributed by atoms with Gasteiger partial charge < -0.3 is 27.4 Å². The number of unbranched alkanes of at least 4 members (excludes halogenated alkanes) is 1. The molecule has 4 heterocycles. The fourth-order valence-electron chi connectivity index (χ4n) is 6.44. The van der Waals surface area contributed by atoms with Crippen LogP contribution in [-0.2, 0) is 19.2 Å². The minimum absolute atomic E-state index is 0.0401. The van der Waals surface area contributed by atoms with Gasteiger partial charge in [-0.25, -0.2) is 9.37 Å². The Hall–Kier alpha value is -6.45. The first-order chi connectivity index (χ1) is 25.4. The van der Waals surface area contributed by atoms with Crippen molar-refractivity contribution in [1.29, 1.82) is 0 Å². The quantitative estimate of drug-likeness (QED) is 0.0665. The van der Waals surface area contributed by atoms with Gasteiger partial charge in [0.1, 0.15) is 11.9 Å². The van der Waals surface area contributed by atoms with Crippen molar-refractivity contribution in [1.82, 2.24) is 25.5 Å². The maximum absolute atomic E-state index is 15.2. The van der Waals surface area contributed by atoms with E-state index < -0.39 is 35.5 Å². The molecule has 2 aromatic carbocycles. The molecule has 4 aromatic rings. The van der Waals surface area contributed by atoms with Gasteiger partial charge in [0.05, 0.1) is 28.7 Å². The van der Waals surface area contributed by atoms with Crippen LogP contribution in [0.3, 0.4) is 0 Å². The van der Waals surface area contributed by atoms with Crippen LogP contribution in [0.5, 0.6) is 0 Å². The number of hydrogen-bond acceptors (Lipinski definition) is 11. The average molecular weight is 724 g/mol. The molecule has 0 spiro atoms. The average Bonchev–Trinajstić information content (AvgIpc) is 3.38. The Bertz CT molecular complexity index is 2170. The number of nitrogens with one attached hydrogen (secondary N) is 4. The van der Waals surface area contributed by atoms with Gasteiger partial charge in [-0.3, -0.25) is 44.0 Å². The molecule has 0 bridgehead atoms. The van der Waals surface area contributed by atoms with Gasteiger partial charge >= 0.3 is 0 Å². The highest BCUT2D eigenvalue weighted by Crippen LogP contribution is 2.36. The first-order valence-corrected chi connectivity index (χ1v) is 17.2. The summed E-state index contributed by atoms with van der Waals surface area (Å²) in [5, 5.41) is 11.9. The topological polar surface area (TPSA) is 232 Å². The number of piperidine rings is 1. The molecular weight excluding hydrogens is 685 g/mol. The van der Waals surface area contributed by atoms with Crippen LogP contribution in [0, 0.1) is 12.7 Å². The third kappa shape index (κ3) is 7.61. The van der Waals surface area contributed by atoms with Crippen LogP contribution < -0.4 is 32.7 Å². The highest BCUT2D eigenvalue weighted by Gasteiger charge is 2.45. The Morgan fingerprint density at radius 1 is 0.943 bits per heavy atom. The van der Waals surface area contributed by atoms with Crippen molar-refractivity contribution < 1.29 is 33.2 Å². The number of halogens is 1. The molecule has 16 heteroatoms. The number of rotatable bonds is 13. The lowest BCUT2D eigenvalue weighted by atomic mass is 9.97. The molecule has 6 rings (SSSR count). The molecule has 1 saturated heterocycles. The lowest BCUT2D eigenvalue weighted by Gasteiger charge is -2.27. The van der Waals surface area contributed by atoms with E-state index in [0.29, 0.717) is 65.6 Å². The molecule has 0 saturated carbocycles. The van der Waals surface area contributed by atoms with E-state index >= 15 is 4.39 Å². The number of hydrogen-bond donors (Lipinski definition) is 6. The SMILES string of the molecule is Cc1c(N)cncc1-c1cc2cc(NC(=O)CCCC(=O)NCCCCNc3cccc4c3C(=O)N(C3CCC(=O)NC3=O)C4=O)ncc2c(N)c1F. The fourth-order valence-corrected chi connectivity index (χ4v) is 6.44. The van der Waals surface area contributed by atoms with Gasteiger partial charge in [0.2, 0.25) is 23.6 Å². The second-order valence-corrected chi connectivity index (χ2v) is 12.9. The largest absolute Gasteiger partial charge is 0.397 e. The molecule has 1 atom stereocenters. The normalized spacial score (nSPS) is 15.4. The van der Waals surface area contributed by atoms with E-state index in [-0.39, 0.29) is 65.7 Å². The highest BCUT2D eigenvalue weighted by atomic mass is 19.1. The maximum Gasteiger partial charge on any atom is 0.264 e. The lowest BCUT2D eigenvalue weighted by molar-refractivity contribution is -0.136. The van der Waals surface area contributed by atoms with Crippen molar-refractivity contribution >= 4 is 69.1 Å². The number of pyridine rings is 2. The van der Waals surface area contributed by atoms with Crippen molar-refractivity contribution in [2.75, 3.05) is 35.2 Å². The van der Waals surface area contributed by atoms with Crippen LogP contribution in [0.25, 0.3) is 21.9 Å². The van der Waals surface area contributed by atoms with Crippen molar-refractivity contribution in [2.45, 2.75) is 57.9 Å². The molecule has 1 fully saturated rings. The maximum atomic E-state index is 15.2. The summed E-state index contributed by atoms with van der Waals surface area (Å²) in [7, 11) is 0. The first kappa shape index (κ1) is 36.3. The summed E-state index contributed by atoms with van der Waals surface area (Å²) in [6.45, 7) is 2.62. The summed E-state index contributed by atoms with van der Waals surface area (Å²) >= 11 is 0. The minimum atomic E-state index is -1.04. The molecule has 0 aliphatic carbocycles. The molecule has 2 aliphatic rings. The van der Waals surface area contributed by atoms with Crippen molar-refractivity contribution in [3.8, 4) is 11.1 Å². The predicted octanol–water partition coefficient (Wildman–Crippen LogP) is 3.43. The van der Waals surface area contributed by atoms with Crippen LogP contribution in [0.1, 0.15) is 71.2 Å². The minimum Gasteiger partial charge on any atom is -0.397 e. The van der Waals surface area contributed by atoms with Gasteiger partial charge in [0.15, 0.2) is 5.82 Å². The first-order valence-electron chi connectivity index (χ1n) is 17.2. The van der Waals surface area contributed by atoms with Crippen molar-refractivity contribution in [3.05, 3.63) is 71.4 Å². The van der Waals surface area contributed by atoms with Gasteiger partial charge in [-0.05, 0) is 67.8 Å². The van der Waals surface area contributed by atoms with Crippen LogP contribution in [0.15, 0.2) is 48.9 Å². The molecule has 8 N–H and O–H groups in total. The van der Waals surface area contributed by atoms with Gasteiger partial charge in [-0.15, -0.1) is 0 Å². The number of imide groups is 2. The molecule has 53 heavy (non-hydrogen) atoms. The van der Waals surface area contributed by atoms with E-state index in [0.717, 1.165) is 4.90 Å². The van der Waals surface area contributed by atoms with Gasteiger partial charge in [0, 0.05) is 66.9 Å². The summed E-state index contributed by atoms with van der Waals surface area (Å²) in [6, 6.07) is 7.03. The Morgan fingerprint density at radius 3 is 2.51 bits per heavy atom. The van der Waals surface area contributed by atoms with Crippen LogP contribution in [0.4, 0.5) is 27.3 Å². The number of carbonyl (C=O) groups excluding carboxylic acids is 6. The number of nitrogens with zero attached hydrogens (tertiary/aromatic N) is 3. The van der Waals surface area contributed by atoms with E-state index in [1.807, 2.05) is 0 Å². The molecule has 2 aromatic heterocycles. The van der Waals surface area contributed by atoms with Crippen LogP contribution in [-0.4, -0.2) is 69.4 Å². The Morgan fingerprint density at radius 2 is 1.72 bits per heavy atom. The van der Waals surface area contributed by atoms with Crippen molar-refractivity contribution in [2.24, 2.45) is 0 Å². The zero-order valence-electron chi connectivity index (χ0n) is 28.9. The number of nitrogens with two attached hydrogens (primary N) is 2. The van der Waals surface area contributed by atoms with Gasteiger partial charge in [0.25, 0.3) is 11.8 Å². The Kier molecular flexibility index (Phi) is 10.6. The molecule has 1 unspecified atom stereocenters. The standard InChI is InChI=1S/C37H38FN9O6/c1-19-23(16-41-18-25(19)39)22-14-20-15-28(44-17-24(20)34(40)33(22)38)45-30(49)9-5-8-29(48)43-13-3-2-12-42-26-7-4-6-21-32(26)37(53)47(36(21)52)27-10-11-31(50)46-35(27)51/h4,6-7,14-18,27,42H,2-3,5,8-13,39-40H2,1H3,(H,43,48)(H,44,45,49)(H,46,50,51). The lowest BCUT2D eigenvalue weighted by Crippen LogP contribution is -2.54. The Balaban J connectivity index is 0.924. The van der Waals surface area contributed by atoms with E-state index in [9.17, 15) is 28.8 Å². The van der Waals surface area contributed by atoms with Crippen LogP contribution >= 0.6 is 0 Å². The summed E-state index contributed by atoms with van der Waals surface area (Å²) in [5.41, 5.74) is 14.6. The second kappa shape index (κ2) is 15.4. The summed E-state index contributed by atoms with van der Waals surface area (Å²) in [6.07, 6.45) is 6.29. The predicted molar refractivity (Wildman–Crippen MR) is 195 cm³/mol. The van der Waals surface area contributed by atoms with E-state index in [4.69, 9.17) is 11.5 Å². The zero-order valence-corrected chi connectivity index (χ0v) is 28.9. The number of aromatic nitrogens is 2. The number of amides is 6. The third-order valence-electron chi connectivity index (χ3n) is 9.33. The summed E-state index contributed by atoms with van der Waals surface area (Å²) in [4.78, 5) is 84.4. The summed E-state index contributed by atoms with van der Waals surface area (Å²) in [5.74, 6) is -3.17. The number of carbonyl (C=O) groups is 6. The number of fused-ring (bicyclic) bond motifs is 2. The highest BCUT2D eigenvalue weighted by molar-refractivity contribution is 6.25. The molecule has 0 radical (unpaired) electrons. The molecule has 2 aliphatic heterocycles. The smallest absolute Gasteiger partial charge is 0.264 e. The van der Waals surface area contributed by atoms with Crippen molar-refractivity contribution in [3.63, 3.8) is 0 Å².